The van der Waals surface area contributed by atoms with Crippen molar-refractivity contribution in [1.82, 2.24) is 9.55 Å². The Balaban J connectivity index is 3.30. The molecule has 0 aliphatic heterocycles. The van der Waals surface area contributed by atoms with E-state index in [4.69, 9.17) is 0 Å². The number of ketones is 1. The summed E-state index contributed by atoms with van der Waals surface area (Å²) in [5.41, 5.74) is -3.27. The summed E-state index contributed by atoms with van der Waals surface area (Å²) in [5.74, 6) is -1.38. The zero-order chi connectivity index (χ0) is 14.0. The average Bonchev–Trinajstić information content (AvgIpc) is 2.63. The molecule has 0 fully saturated rings. The summed E-state index contributed by atoms with van der Waals surface area (Å²) in [6.45, 7) is 4.45. The third-order valence-electron chi connectivity index (χ3n) is 2.38. The van der Waals surface area contributed by atoms with Gasteiger partial charge >= 0.3 is 6.18 Å². The molecule has 0 radical (unpaired) electrons. The lowest BCUT2D eigenvalue weighted by Gasteiger charge is -2.29. The predicted molar refractivity (Wildman–Crippen MR) is 57.7 cm³/mol. The first-order valence-electron chi connectivity index (χ1n) is 5.13. The van der Waals surface area contributed by atoms with Crippen molar-refractivity contribution in [3.05, 3.63) is 30.9 Å². The molecule has 1 aromatic rings. The third-order valence-corrected chi connectivity index (χ3v) is 2.38. The Bertz CT molecular complexity index is 453. The molecule has 1 aromatic heterocycles. The summed E-state index contributed by atoms with van der Waals surface area (Å²) in [5, 5.41) is 9.82. The molecule has 0 aliphatic carbocycles. The van der Waals surface area contributed by atoms with Crippen molar-refractivity contribution in [2.45, 2.75) is 31.7 Å². The number of rotatable bonds is 5. The first-order chi connectivity index (χ1) is 8.22. The summed E-state index contributed by atoms with van der Waals surface area (Å²) in [4.78, 5) is 14.5. The molecule has 4 nitrogen and oxygen atoms in total. The quantitative estimate of drug-likeness (QED) is 0.823. The predicted octanol–water partition coefficient (Wildman–Crippen LogP) is 1.80. The normalized spacial score (nSPS) is 15.2. The monoisotopic (exact) mass is 262 g/mol. The van der Waals surface area contributed by atoms with Gasteiger partial charge in [0.15, 0.2) is 5.82 Å². The maximum atomic E-state index is 13.0. The molecular weight excluding hydrogens is 249 g/mol. The molecule has 1 unspecified atom stereocenters. The molecule has 100 valence electrons. The SMILES string of the molecule is C=CCn1ccnc1C(O)(CC(C)=O)C(F)(F)F. The standard InChI is InChI=1S/C11H13F3N2O2/c1-3-5-16-6-4-15-9(16)10(18,7-8(2)17)11(12,13)14/h3-4,6,18H,1,5,7H2,2H3. The zero-order valence-corrected chi connectivity index (χ0v) is 9.74. The number of carbonyl (C=O) groups is 1. The highest BCUT2D eigenvalue weighted by Gasteiger charge is 2.58. The van der Waals surface area contributed by atoms with E-state index in [9.17, 15) is 23.1 Å². The van der Waals surface area contributed by atoms with Crippen LogP contribution in [0.25, 0.3) is 0 Å². The van der Waals surface area contributed by atoms with E-state index in [0.717, 1.165) is 17.7 Å². The Kier molecular flexibility index (Phi) is 3.95. The maximum absolute atomic E-state index is 13.0. The highest BCUT2D eigenvalue weighted by atomic mass is 19.4. The van der Waals surface area contributed by atoms with Gasteiger partial charge in [0.05, 0.1) is 6.42 Å². The van der Waals surface area contributed by atoms with Crippen LogP contribution in [0.3, 0.4) is 0 Å². The van der Waals surface area contributed by atoms with Gasteiger partial charge in [-0.1, -0.05) is 6.08 Å². The van der Waals surface area contributed by atoms with E-state index in [-0.39, 0.29) is 6.54 Å². The summed E-state index contributed by atoms with van der Waals surface area (Å²) in [6.07, 6.45) is -2.26. The number of aromatic nitrogens is 2. The highest BCUT2D eigenvalue weighted by Crippen LogP contribution is 2.40. The van der Waals surface area contributed by atoms with E-state index in [1.807, 2.05) is 0 Å². The van der Waals surface area contributed by atoms with Crippen molar-refractivity contribution in [2.75, 3.05) is 0 Å². The minimum atomic E-state index is -4.98. The first kappa shape index (κ1) is 14.4. The van der Waals surface area contributed by atoms with E-state index in [1.165, 1.54) is 12.3 Å². The van der Waals surface area contributed by atoms with Crippen LogP contribution < -0.4 is 0 Å². The molecule has 0 spiro atoms. The fourth-order valence-corrected chi connectivity index (χ4v) is 1.63. The second-order valence-corrected chi connectivity index (χ2v) is 3.93. The minimum Gasteiger partial charge on any atom is -0.374 e. The van der Waals surface area contributed by atoms with Crippen molar-refractivity contribution < 1.29 is 23.1 Å². The van der Waals surface area contributed by atoms with Gasteiger partial charge in [0.2, 0.25) is 5.60 Å². The number of halogens is 3. The summed E-state index contributed by atoms with van der Waals surface area (Å²) >= 11 is 0. The van der Waals surface area contributed by atoms with Crippen molar-refractivity contribution in [3.8, 4) is 0 Å². The van der Waals surface area contributed by atoms with Gasteiger partial charge in [0.1, 0.15) is 5.78 Å². The van der Waals surface area contributed by atoms with Crippen LogP contribution in [0.1, 0.15) is 19.2 Å². The van der Waals surface area contributed by atoms with Crippen molar-refractivity contribution in [2.24, 2.45) is 0 Å². The van der Waals surface area contributed by atoms with Gasteiger partial charge < -0.3 is 9.67 Å². The number of aliphatic hydroxyl groups is 1. The number of hydrogen-bond acceptors (Lipinski definition) is 3. The lowest BCUT2D eigenvalue weighted by molar-refractivity contribution is -0.270. The Morgan fingerprint density at radius 2 is 2.22 bits per heavy atom. The van der Waals surface area contributed by atoms with Gasteiger partial charge in [-0.3, -0.25) is 4.79 Å². The topological polar surface area (TPSA) is 55.1 Å². The van der Waals surface area contributed by atoms with Crippen molar-refractivity contribution in [1.29, 1.82) is 0 Å². The fraction of sp³-hybridized carbons (Fsp3) is 0.455. The van der Waals surface area contributed by atoms with E-state index in [2.05, 4.69) is 11.6 Å². The van der Waals surface area contributed by atoms with Crippen molar-refractivity contribution >= 4 is 5.78 Å². The Morgan fingerprint density at radius 1 is 1.61 bits per heavy atom. The van der Waals surface area contributed by atoms with Crippen LogP contribution in [0.2, 0.25) is 0 Å². The molecular formula is C11H13F3N2O2. The number of alkyl halides is 3. The molecule has 1 heterocycles. The van der Waals surface area contributed by atoms with Crippen LogP contribution in [-0.4, -0.2) is 26.6 Å². The van der Waals surface area contributed by atoms with E-state index in [0.29, 0.717) is 0 Å². The number of hydrogen-bond donors (Lipinski definition) is 1. The van der Waals surface area contributed by atoms with Gasteiger partial charge in [-0.25, -0.2) is 4.98 Å². The van der Waals surface area contributed by atoms with Gasteiger partial charge in [-0.15, -0.1) is 6.58 Å². The number of allylic oxidation sites excluding steroid dienone is 1. The molecule has 1 rings (SSSR count). The molecule has 7 heteroatoms. The molecule has 18 heavy (non-hydrogen) atoms. The largest absolute Gasteiger partial charge is 0.424 e. The Hall–Kier alpha value is -1.63. The molecule has 1 N–H and O–H groups in total. The molecule has 0 saturated carbocycles. The number of carbonyl (C=O) groups excluding carboxylic acids is 1. The van der Waals surface area contributed by atoms with Crippen LogP contribution in [-0.2, 0) is 16.9 Å². The van der Waals surface area contributed by atoms with Gasteiger partial charge in [-0.2, -0.15) is 13.2 Å². The van der Waals surface area contributed by atoms with Gasteiger partial charge in [0, 0.05) is 18.9 Å². The molecule has 1 atom stereocenters. The van der Waals surface area contributed by atoms with Crippen LogP contribution in [0, 0.1) is 0 Å². The van der Waals surface area contributed by atoms with Gasteiger partial charge in [-0.05, 0) is 6.92 Å². The van der Waals surface area contributed by atoms with Crippen LogP contribution in [0.15, 0.2) is 25.0 Å². The second kappa shape index (κ2) is 4.93. The number of nitrogens with zero attached hydrogens (tertiary/aromatic N) is 2. The van der Waals surface area contributed by atoms with Crippen LogP contribution in [0.5, 0.6) is 0 Å². The Labute approximate surface area is 102 Å². The number of Topliss-reactive ketones (excluding diaryl/α,β-unsaturated/α-hetero) is 1. The molecule has 0 saturated heterocycles. The van der Waals surface area contributed by atoms with Crippen LogP contribution >= 0.6 is 0 Å². The van der Waals surface area contributed by atoms with Gasteiger partial charge in [0.25, 0.3) is 0 Å². The lowest BCUT2D eigenvalue weighted by atomic mass is 9.95. The average molecular weight is 262 g/mol. The molecule has 0 amide bonds. The Morgan fingerprint density at radius 3 is 2.67 bits per heavy atom. The van der Waals surface area contributed by atoms with E-state index >= 15 is 0 Å². The third kappa shape index (κ3) is 2.61. The second-order valence-electron chi connectivity index (χ2n) is 3.93. The number of imidazole rings is 1. The molecule has 0 aliphatic rings. The lowest BCUT2D eigenvalue weighted by Crippen LogP contribution is -2.45. The maximum Gasteiger partial charge on any atom is 0.424 e. The zero-order valence-electron chi connectivity index (χ0n) is 9.74. The molecule has 0 bridgehead atoms. The highest BCUT2D eigenvalue weighted by molar-refractivity contribution is 5.76. The smallest absolute Gasteiger partial charge is 0.374 e. The summed E-state index contributed by atoms with van der Waals surface area (Å²) < 4.78 is 40.0. The van der Waals surface area contributed by atoms with Crippen LogP contribution in [0.4, 0.5) is 13.2 Å². The van der Waals surface area contributed by atoms with E-state index in [1.54, 1.807) is 0 Å². The minimum absolute atomic E-state index is 0.0611. The molecule has 0 aromatic carbocycles. The first-order valence-corrected chi connectivity index (χ1v) is 5.13. The van der Waals surface area contributed by atoms with Crippen molar-refractivity contribution in [3.63, 3.8) is 0 Å². The summed E-state index contributed by atoms with van der Waals surface area (Å²) in [6, 6.07) is 0. The van der Waals surface area contributed by atoms with E-state index < -0.39 is 29.8 Å². The fourth-order valence-electron chi connectivity index (χ4n) is 1.63. The summed E-state index contributed by atoms with van der Waals surface area (Å²) in [7, 11) is 0.